The van der Waals surface area contributed by atoms with Gasteiger partial charge in [-0.15, -0.1) is 0 Å². The predicted octanol–water partition coefficient (Wildman–Crippen LogP) is 2.44. The van der Waals surface area contributed by atoms with Gasteiger partial charge in [-0.05, 0) is 29.8 Å². The lowest BCUT2D eigenvalue weighted by Gasteiger charge is -1.97. The largest absolute Gasteiger partial charge is 0.508 e. The average Bonchev–Trinajstić information content (AvgIpc) is 2.82. The quantitative estimate of drug-likeness (QED) is 0.728. The third-order valence-corrected chi connectivity index (χ3v) is 2.99. The summed E-state index contributed by atoms with van der Waals surface area (Å²) in [4.78, 5) is 15.2. The summed E-state index contributed by atoms with van der Waals surface area (Å²) in [6, 6.07) is 10.6. The van der Waals surface area contributed by atoms with E-state index in [9.17, 15) is 9.90 Å². The highest BCUT2D eigenvalue weighted by atomic mass is 16.3. The van der Waals surface area contributed by atoms with Crippen LogP contribution in [-0.4, -0.2) is 20.8 Å². The zero-order valence-electron chi connectivity index (χ0n) is 10.2. The molecule has 0 aliphatic rings. The second-order valence-corrected chi connectivity index (χ2v) is 4.42. The number of nitrogens with zero attached hydrogens (tertiary/aromatic N) is 2. The number of fused-ring (bicyclic) bond motifs is 1. The Bertz CT molecular complexity index is 729. The molecule has 0 amide bonds. The predicted molar refractivity (Wildman–Crippen MR) is 71.5 cm³/mol. The van der Waals surface area contributed by atoms with Gasteiger partial charge in [-0.3, -0.25) is 4.79 Å². The first kappa shape index (κ1) is 11.5. The van der Waals surface area contributed by atoms with Crippen LogP contribution in [0, 0.1) is 0 Å². The molecule has 19 heavy (non-hydrogen) atoms. The number of aromatic hydroxyl groups is 1. The molecule has 0 radical (unpaired) electrons. The topological polar surface area (TPSA) is 54.6 Å². The molecule has 0 bridgehead atoms. The minimum atomic E-state index is 0.259. The average molecular weight is 252 g/mol. The summed E-state index contributed by atoms with van der Waals surface area (Å²) in [5.74, 6) is 0.259. The molecular formula is C15H12N2O2. The maximum Gasteiger partial charge on any atom is 0.150 e. The Labute approximate surface area is 110 Å². The highest BCUT2D eigenvalue weighted by Crippen LogP contribution is 2.14. The van der Waals surface area contributed by atoms with Crippen LogP contribution in [0.3, 0.4) is 0 Å². The van der Waals surface area contributed by atoms with Crippen molar-refractivity contribution in [1.29, 1.82) is 0 Å². The van der Waals surface area contributed by atoms with Crippen molar-refractivity contribution in [3.8, 4) is 5.75 Å². The van der Waals surface area contributed by atoms with Gasteiger partial charge in [0.05, 0.1) is 5.69 Å². The molecular weight excluding hydrogens is 240 g/mol. The Kier molecular flexibility index (Phi) is 2.76. The number of benzene rings is 1. The van der Waals surface area contributed by atoms with Crippen LogP contribution in [0.5, 0.6) is 5.75 Å². The summed E-state index contributed by atoms with van der Waals surface area (Å²) >= 11 is 0. The summed E-state index contributed by atoms with van der Waals surface area (Å²) in [7, 11) is 0. The molecule has 0 unspecified atom stereocenters. The zero-order valence-corrected chi connectivity index (χ0v) is 10.2. The van der Waals surface area contributed by atoms with Crippen molar-refractivity contribution in [1.82, 2.24) is 9.38 Å². The van der Waals surface area contributed by atoms with Gasteiger partial charge in [-0.1, -0.05) is 12.1 Å². The zero-order chi connectivity index (χ0) is 13.2. The lowest BCUT2D eigenvalue weighted by molar-refractivity contribution is 0.112. The van der Waals surface area contributed by atoms with Crippen molar-refractivity contribution >= 4 is 11.9 Å². The van der Waals surface area contributed by atoms with Gasteiger partial charge in [0.15, 0.2) is 0 Å². The standard InChI is InChI=1S/C15H12N2O2/c18-10-12-5-6-17-9-13(16-15(17)8-12)7-11-1-3-14(19)4-2-11/h1-6,8-10,19H,7H2. The van der Waals surface area contributed by atoms with Gasteiger partial charge in [-0.2, -0.15) is 0 Å². The van der Waals surface area contributed by atoms with E-state index >= 15 is 0 Å². The highest BCUT2D eigenvalue weighted by Gasteiger charge is 2.04. The van der Waals surface area contributed by atoms with E-state index in [2.05, 4.69) is 4.98 Å². The Morgan fingerprint density at radius 1 is 1.21 bits per heavy atom. The van der Waals surface area contributed by atoms with Crippen LogP contribution in [0.25, 0.3) is 5.65 Å². The summed E-state index contributed by atoms with van der Waals surface area (Å²) in [5.41, 5.74) is 3.39. The number of pyridine rings is 1. The number of hydrogen-bond acceptors (Lipinski definition) is 3. The Balaban J connectivity index is 1.92. The van der Waals surface area contributed by atoms with Crippen molar-refractivity contribution in [3.63, 3.8) is 0 Å². The van der Waals surface area contributed by atoms with Crippen LogP contribution >= 0.6 is 0 Å². The van der Waals surface area contributed by atoms with Crippen LogP contribution < -0.4 is 0 Å². The number of aldehydes is 1. The van der Waals surface area contributed by atoms with Crippen LogP contribution in [0.4, 0.5) is 0 Å². The number of hydrogen-bond donors (Lipinski definition) is 1. The van der Waals surface area contributed by atoms with Crippen LogP contribution in [0.15, 0.2) is 48.8 Å². The molecule has 0 spiro atoms. The molecule has 4 heteroatoms. The highest BCUT2D eigenvalue weighted by molar-refractivity contribution is 5.76. The van der Waals surface area contributed by atoms with E-state index in [0.717, 1.165) is 23.2 Å². The third kappa shape index (κ3) is 2.33. The lowest BCUT2D eigenvalue weighted by Crippen LogP contribution is -1.87. The van der Waals surface area contributed by atoms with E-state index in [0.29, 0.717) is 12.0 Å². The van der Waals surface area contributed by atoms with E-state index in [4.69, 9.17) is 0 Å². The van der Waals surface area contributed by atoms with Crippen molar-refractivity contribution in [2.45, 2.75) is 6.42 Å². The van der Waals surface area contributed by atoms with Crippen molar-refractivity contribution < 1.29 is 9.90 Å². The molecule has 0 atom stereocenters. The number of aromatic nitrogens is 2. The van der Waals surface area contributed by atoms with Gasteiger partial charge in [0.1, 0.15) is 17.7 Å². The monoisotopic (exact) mass is 252 g/mol. The molecule has 1 aromatic carbocycles. The normalized spacial score (nSPS) is 10.7. The first-order valence-corrected chi connectivity index (χ1v) is 5.95. The summed E-state index contributed by atoms with van der Waals surface area (Å²) in [6.45, 7) is 0. The Morgan fingerprint density at radius 3 is 2.74 bits per heavy atom. The van der Waals surface area contributed by atoms with E-state index in [1.165, 1.54) is 0 Å². The maximum absolute atomic E-state index is 10.7. The fourth-order valence-electron chi connectivity index (χ4n) is 2.03. The molecule has 2 heterocycles. The van der Waals surface area contributed by atoms with E-state index < -0.39 is 0 Å². The Morgan fingerprint density at radius 2 is 2.00 bits per heavy atom. The number of carbonyl (C=O) groups excluding carboxylic acids is 1. The summed E-state index contributed by atoms with van der Waals surface area (Å²) in [5, 5.41) is 9.24. The van der Waals surface area contributed by atoms with Crippen molar-refractivity contribution in [3.05, 3.63) is 65.6 Å². The fourth-order valence-corrected chi connectivity index (χ4v) is 2.03. The molecule has 0 aliphatic heterocycles. The minimum Gasteiger partial charge on any atom is -0.508 e. The summed E-state index contributed by atoms with van der Waals surface area (Å²) in [6.07, 6.45) is 5.27. The smallest absolute Gasteiger partial charge is 0.150 e. The van der Waals surface area contributed by atoms with Crippen LogP contribution in [-0.2, 0) is 6.42 Å². The fraction of sp³-hybridized carbons (Fsp3) is 0.0667. The molecule has 4 nitrogen and oxygen atoms in total. The van der Waals surface area contributed by atoms with Gasteiger partial charge in [0.2, 0.25) is 0 Å². The third-order valence-electron chi connectivity index (χ3n) is 2.99. The molecule has 3 rings (SSSR count). The molecule has 0 saturated heterocycles. The van der Waals surface area contributed by atoms with E-state index in [-0.39, 0.29) is 5.75 Å². The van der Waals surface area contributed by atoms with Gasteiger partial charge >= 0.3 is 0 Å². The molecule has 3 aromatic rings. The molecule has 2 aromatic heterocycles. The number of carbonyl (C=O) groups is 1. The maximum atomic E-state index is 10.7. The minimum absolute atomic E-state index is 0.259. The van der Waals surface area contributed by atoms with Crippen LogP contribution in [0.2, 0.25) is 0 Å². The molecule has 0 aliphatic carbocycles. The first-order chi connectivity index (χ1) is 9.24. The number of rotatable bonds is 3. The molecule has 1 N–H and O–H groups in total. The van der Waals surface area contributed by atoms with E-state index in [1.54, 1.807) is 24.3 Å². The van der Waals surface area contributed by atoms with Gasteiger partial charge < -0.3 is 9.51 Å². The number of phenolic OH excluding ortho intramolecular Hbond substituents is 1. The first-order valence-electron chi connectivity index (χ1n) is 5.95. The van der Waals surface area contributed by atoms with Crippen LogP contribution in [0.1, 0.15) is 21.6 Å². The summed E-state index contributed by atoms with van der Waals surface area (Å²) < 4.78 is 1.89. The number of imidazole rings is 1. The molecule has 0 saturated carbocycles. The van der Waals surface area contributed by atoms with Crippen molar-refractivity contribution in [2.24, 2.45) is 0 Å². The van der Waals surface area contributed by atoms with Gasteiger partial charge in [0.25, 0.3) is 0 Å². The van der Waals surface area contributed by atoms with Gasteiger partial charge in [0, 0.05) is 24.4 Å². The second-order valence-electron chi connectivity index (χ2n) is 4.42. The Hall–Kier alpha value is -2.62. The van der Waals surface area contributed by atoms with Gasteiger partial charge in [-0.25, -0.2) is 4.98 Å². The SMILES string of the molecule is O=Cc1ccn2cc(Cc3ccc(O)cc3)nc2c1. The van der Waals surface area contributed by atoms with Crippen molar-refractivity contribution in [2.75, 3.05) is 0 Å². The number of phenols is 1. The second kappa shape index (κ2) is 4.57. The molecule has 94 valence electrons. The van der Waals surface area contributed by atoms with E-state index in [1.807, 2.05) is 28.9 Å². The molecule has 0 fully saturated rings. The lowest BCUT2D eigenvalue weighted by atomic mass is 10.1.